The molecule has 1 unspecified atom stereocenters. The Bertz CT molecular complexity index is 134. The quantitative estimate of drug-likeness (QED) is 0.499. The van der Waals surface area contributed by atoms with E-state index in [1.807, 2.05) is 0 Å². The molecule has 58 valence electrons. The molecule has 0 bridgehead atoms. The van der Waals surface area contributed by atoms with Crippen molar-refractivity contribution in [1.29, 1.82) is 0 Å². The highest BCUT2D eigenvalue weighted by Gasteiger charge is 2.08. The summed E-state index contributed by atoms with van der Waals surface area (Å²) >= 11 is 0. The molecule has 0 aromatic heterocycles. The maximum Gasteiger partial charge on any atom is 0.120 e. The van der Waals surface area contributed by atoms with Crippen molar-refractivity contribution in [2.75, 3.05) is 6.54 Å². The zero-order chi connectivity index (χ0) is 7.40. The second-order valence-corrected chi connectivity index (χ2v) is 2.87. The largest absolute Gasteiger partial charge is 0.290 e. The van der Waals surface area contributed by atoms with Gasteiger partial charge in [-0.3, -0.25) is 15.7 Å². The molecule has 0 aromatic carbocycles. The van der Waals surface area contributed by atoms with Crippen LogP contribution in [-0.2, 0) is 0 Å². The van der Waals surface area contributed by atoms with Crippen LogP contribution in [0.2, 0.25) is 0 Å². The van der Waals surface area contributed by atoms with Crippen molar-refractivity contribution in [3.05, 3.63) is 0 Å². The predicted octanol–water partition coefficient (Wildman–Crippen LogP) is 1.18. The molecule has 2 N–H and O–H groups in total. The van der Waals surface area contributed by atoms with Gasteiger partial charge in [0, 0.05) is 13.0 Å². The van der Waals surface area contributed by atoms with Gasteiger partial charge in [-0.2, -0.15) is 0 Å². The third-order valence-corrected chi connectivity index (χ3v) is 1.93. The van der Waals surface area contributed by atoms with Gasteiger partial charge in [0.05, 0.1) is 0 Å². The molecule has 0 saturated heterocycles. The maximum atomic E-state index is 8.52. The second kappa shape index (κ2) is 3.56. The Hall–Kier alpha value is -0.570. The van der Waals surface area contributed by atoms with Gasteiger partial charge in [0.1, 0.15) is 5.84 Å². The Morgan fingerprint density at radius 1 is 1.60 bits per heavy atom. The summed E-state index contributed by atoms with van der Waals surface area (Å²) < 4.78 is 0. The first-order valence-corrected chi connectivity index (χ1v) is 3.76. The van der Waals surface area contributed by atoms with Crippen LogP contribution in [0.3, 0.4) is 0 Å². The minimum absolute atomic E-state index is 0.740. The standard InChI is InChI=1S/C7H14N2O/c1-6-2-3-7(9-10)8-5-4-6/h6,10H,2-5H2,1H3,(H,8,9). The zero-order valence-electron chi connectivity index (χ0n) is 6.30. The fourth-order valence-corrected chi connectivity index (χ4v) is 1.12. The average Bonchev–Trinajstić information content (AvgIpc) is 2.14. The van der Waals surface area contributed by atoms with E-state index >= 15 is 0 Å². The van der Waals surface area contributed by atoms with Gasteiger partial charge >= 0.3 is 0 Å². The lowest BCUT2D eigenvalue weighted by Crippen LogP contribution is -2.18. The van der Waals surface area contributed by atoms with Crippen molar-refractivity contribution < 1.29 is 5.21 Å². The molecule has 10 heavy (non-hydrogen) atoms. The predicted molar refractivity (Wildman–Crippen MR) is 40.2 cm³/mol. The number of aliphatic imine (C=N–C) groups is 1. The smallest absolute Gasteiger partial charge is 0.120 e. The SMILES string of the molecule is CC1CCN=C(NO)CC1. The Kier molecular flexibility index (Phi) is 2.68. The molecular weight excluding hydrogens is 128 g/mol. The van der Waals surface area contributed by atoms with E-state index in [9.17, 15) is 0 Å². The van der Waals surface area contributed by atoms with Crippen molar-refractivity contribution >= 4 is 5.84 Å². The van der Waals surface area contributed by atoms with Crippen LogP contribution in [0.4, 0.5) is 0 Å². The normalized spacial score (nSPS) is 27.0. The van der Waals surface area contributed by atoms with E-state index in [0.29, 0.717) is 0 Å². The molecule has 1 rings (SSSR count). The van der Waals surface area contributed by atoms with Gasteiger partial charge in [-0.05, 0) is 18.8 Å². The number of amidine groups is 1. The summed E-state index contributed by atoms with van der Waals surface area (Å²) in [5.74, 6) is 1.49. The van der Waals surface area contributed by atoms with E-state index in [2.05, 4.69) is 17.4 Å². The molecule has 1 atom stereocenters. The van der Waals surface area contributed by atoms with Crippen LogP contribution in [0.25, 0.3) is 0 Å². The third-order valence-electron chi connectivity index (χ3n) is 1.93. The maximum absolute atomic E-state index is 8.52. The molecule has 3 nitrogen and oxygen atoms in total. The van der Waals surface area contributed by atoms with Gasteiger partial charge in [0.2, 0.25) is 0 Å². The van der Waals surface area contributed by atoms with Crippen molar-refractivity contribution in [3.8, 4) is 0 Å². The van der Waals surface area contributed by atoms with E-state index in [-0.39, 0.29) is 0 Å². The molecule has 0 fully saturated rings. The van der Waals surface area contributed by atoms with Gasteiger partial charge in [-0.15, -0.1) is 0 Å². The number of hydrogen-bond donors (Lipinski definition) is 2. The van der Waals surface area contributed by atoms with Crippen LogP contribution >= 0.6 is 0 Å². The fraction of sp³-hybridized carbons (Fsp3) is 0.857. The highest BCUT2D eigenvalue weighted by Crippen LogP contribution is 2.13. The van der Waals surface area contributed by atoms with Crippen LogP contribution in [0, 0.1) is 5.92 Å². The fourth-order valence-electron chi connectivity index (χ4n) is 1.12. The molecule has 0 amide bonds. The zero-order valence-corrected chi connectivity index (χ0v) is 6.30. The number of nitrogens with zero attached hydrogens (tertiary/aromatic N) is 1. The van der Waals surface area contributed by atoms with E-state index in [1.165, 1.54) is 0 Å². The number of hydroxylamine groups is 1. The number of hydrogen-bond acceptors (Lipinski definition) is 3. The lowest BCUT2D eigenvalue weighted by molar-refractivity contribution is 0.231. The van der Waals surface area contributed by atoms with E-state index < -0.39 is 0 Å². The monoisotopic (exact) mass is 142 g/mol. The van der Waals surface area contributed by atoms with Crippen molar-refractivity contribution in [3.63, 3.8) is 0 Å². The van der Waals surface area contributed by atoms with Crippen LogP contribution < -0.4 is 5.48 Å². The summed E-state index contributed by atoms with van der Waals surface area (Å²) in [6.07, 6.45) is 3.16. The molecular formula is C7H14N2O. The first-order chi connectivity index (χ1) is 4.83. The Morgan fingerprint density at radius 2 is 2.40 bits per heavy atom. The van der Waals surface area contributed by atoms with Crippen LogP contribution in [-0.4, -0.2) is 17.6 Å². The molecule has 3 heteroatoms. The molecule has 0 aromatic rings. The van der Waals surface area contributed by atoms with Gasteiger partial charge in [-0.25, -0.2) is 0 Å². The molecule has 0 radical (unpaired) electrons. The summed E-state index contributed by atoms with van der Waals surface area (Å²) in [6.45, 7) is 3.07. The van der Waals surface area contributed by atoms with Crippen LogP contribution in [0.1, 0.15) is 26.2 Å². The Balaban J connectivity index is 2.40. The summed E-state index contributed by atoms with van der Waals surface area (Å²) in [4.78, 5) is 4.15. The third kappa shape index (κ3) is 1.99. The summed E-state index contributed by atoms with van der Waals surface area (Å²) in [7, 11) is 0. The molecule has 0 aliphatic carbocycles. The van der Waals surface area contributed by atoms with Crippen molar-refractivity contribution in [2.45, 2.75) is 26.2 Å². The lowest BCUT2D eigenvalue weighted by atomic mass is 10.0. The van der Waals surface area contributed by atoms with Gasteiger partial charge in [0.15, 0.2) is 0 Å². The highest BCUT2D eigenvalue weighted by molar-refractivity contribution is 5.81. The Morgan fingerprint density at radius 3 is 3.10 bits per heavy atom. The van der Waals surface area contributed by atoms with E-state index in [1.54, 1.807) is 0 Å². The minimum Gasteiger partial charge on any atom is -0.290 e. The van der Waals surface area contributed by atoms with Crippen LogP contribution in [0.5, 0.6) is 0 Å². The molecule has 1 aliphatic rings. The van der Waals surface area contributed by atoms with E-state index in [4.69, 9.17) is 5.21 Å². The molecule has 0 saturated carbocycles. The average molecular weight is 142 g/mol. The number of nitrogens with one attached hydrogen (secondary N) is 1. The first kappa shape index (κ1) is 7.54. The molecule has 1 heterocycles. The number of rotatable bonds is 0. The highest BCUT2D eigenvalue weighted by atomic mass is 16.5. The summed E-state index contributed by atoms with van der Waals surface area (Å²) in [6, 6.07) is 0. The Labute approximate surface area is 61.1 Å². The first-order valence-electron chi connectivity index (χ1n) is 3.76. The van der Waals surface area contributed by atoms with Crippen molar-refractivity contribution in [2.24, 2.45) is 10.9 Å². The lowest BCUT2D eigenvalue weighted by Gasteiger charge is -2.03. The van der Waals surface area contributed by atoms with E-state index in [0.717, 1.165) is 37.6 Å². The molecule has 1 aliphatic heterocycles. The van der Waals surface area contributed by atoms with Gasteiger partial charge in [0.25, 0.3) is 0 Å². The van der Waals surface area contributed by atoms with Gasteiger partial charge < -0.3 is 0 Å². The van der Waals surface area contributed by atoms with Gasteiger partial charge in [-0.1, -0.05) is 6.92 Å². The minimum atomic E-state index is 0.740. The topological polar surface area (TPSA) is 44.6 Å². The summed E-state index contributed by atoms with van der Waals surface area (Å²) in [5.41, 5.74) is 2.11. The van der Waals surface area contributed by atoms with Crippen molar-refractivity contribution in [1.82, 2.24) is 5.48 Å². The van der Waals surface area contributed by atoms with Crippen LogP contribution in [0.15, 0.2) is 4.99 Å². The molecule has 0 spiro atoms. The summed E-state index contributed by atoms with van der Waals surface area (Å²) in [5, 5.41) is 8.52. The second-order valence-electron chi connectivity index (χ2n) is 2.87.